The zero-order chi connectivity index (χ0) is 22.8. The smallest absolute Gasteiger partial charge is 0.342 e. The third kappa shape index (κ3) is 4.05. The third-order valence-corrected chi connectivity index (χ3v) is 6.36. The Labute approximate surface area is 190 Å². The van der Waals surface area contributed by atoms with Crippen molar-refractivity contribution in [1.29, 1.82) is 0 Å². The van der Waals surface area contributed by atoms with Gasteiger partial charge in [0.05, 0.1) is 18.5 Å². The van der Waals surface area contributed by atoms with Gasteiger partial charge in [-0.05, 0) is 25.1 Å². The summed E-state index contributed by atoms with van der Waals surface area (Å²) in [4.78, 5) is 31.1. The van der Waals surface area contributed by atoms with Crippen LogP contribution in [0.5, 0.6) is 11.5 Å². The molecule has 8 heteroatoms. The fourth-order valence-corrected chi connectivity index (χ4v) is 4.52. The lowest BCUT2D eigenvalue weighted by atomic mass is 9.97. The Bertz CT molecular complexity index is 1160. The summed E-state index contributed by atoms with van der Waals surface area (Å²) in [5, 5.41) is 2.24. The molecule has 0 bridgehead atoms. The zero-order valence-electron chi connectivity index (χ0n) is 18.3. The lowest BCUT2D eigenvalue weighted by Gasteiger charge is -2.20. The molecule has 7 nitrogen and oxygen atoms in total. The maximum absolute atomic E-state index is 12.7. The molecule has 1 aliphatic heterocycles. The Kier molecular flexibility index (Phi) is 6.14. The summed E-state index contributed by atoms with van der Waals surface area (Å²) in [5.41, 5.74) is 2.57. The Hall–Kier alpha value is -3.39. The first kappa shape index (κ1) is 21.8. The molecule has 32 heavy (non-hydrogen) atoms. The summed E-state index contributed by atoms with van der Waals surface area (Å²) in [5.74, 6) is 0.701. The minimum absolute atomic E-state index is 0.00703. The number of carbonyl (C=O) groups excluding carboxylic acids is 2. The molecular formula is C24H24N2O5S. The highest BCUT2D eigenvalue weighted by molar-refractivity contribution is 7.14. The number of amides is 1. The molecule has 0 N–H and O–H groups in total. The summed E-state index contributed by atoms with van der Waals surface area (Å²) in [7, 11) is 1.55. The monoisotopic (exact) mass is 452 g/mol. The van der Waals surface area contributed by atoms with Crippen LogP contribution in [0.4, 0.5) is 10.8 Å². The number of hydrogen-bond donors (Lipinski definition) is 0. The second-order valence-corrected chi connectivity index (χ2v) is 8.40. The van der Waals surface area contributed by atoms with Crippen molar-refractivity contribution in [2.45, 2.75) is 39.4 Å². The molecule has 0 aliphatic carbocycles. The number of benzene rings is 2. The molecule has 0 unspecified atom stereocenters. The third-order valence-electron chi connectivity index (χ3n) is 5.49. The molecule has 1 amide bonds. The van der Waals surface area contributed by atoms with Crippen molar-refractivity contribution in [3.8, 4) is 11.5 Å². The summed E-state index contributed by atoms with van der Waals surface area (Å²) in [6.45, 7) is 5.51. The number of esters is 1. The number of fused-ring (bicyclic) bond motifs is 1. The van der Waals surface area contributed by atoms with Gasteiger partial charge in [0.1, 0.15) is 29.8 Å². The molecule has 2 heterocycles. The van der Waals surface area contributed by atoms with Crippen LogP contribution in [0.2, 0.25) is 0 Å². The summed E-state index contributed by atoms with van der Waals surface area (Å²) in [6.07, 6.45) is 0.00703. The van der Waals surface area contributed by atoms with E-state index in [0.29, 0.717) is 33.6 Å². The van der Waals surface area contributed by atoms with Crippen molar-refractivity contribution in [3.63, 3.8) is 0 Å². The van der Waals surface area contributed by atoms with Gasteiger partial charge in [-0.1, -0.05) is 31.2 Å². The number of nitrogens with zero attached hydrogens (tertiary/aromatic N) is 2. The normalized spacial score (nSPS) is 16.8. The Morgan fingerprint density at radius 1 is 1.16 bits per heavy atom. The molecule has 0 spiro atoms. The number of thiazole rings is 1. The molecular weight excluding hydrogens is 428 g/mol. The number of methoxy groups -OCH3 is 1. The van der Waals surface area contributed by atoms with Gasteiger partial charge in [-0.3, -0.25) is 9.69 Å². The molecule has 4 rings (SSSR count). The van der Waals surface area contributed by atoms with Crippen molar-refractivity contribution in [3.05, 3.63) is 64.7 Å². The van der Waals surface area contributed by atoms with Gasteiger partial charge < -0.3 is 14.2 Å². The number of carbonyl (C=O) groups is 2. The van der Waals surface area contributed by atoms with E-state index in [0.717, 1.165) is 5.56 Å². The van der Waals surface area contributed by atoms with Gasteiger partial charge in [0.15, 0.2) is 5.13 Å². The van der Waals surface area contributed by atoms with E-state index >= 15 is 0 Å². The van der Waals surface area contributed by atoms with E-state index < -0.39 is 5.97 Å². The van der Waals surface area contributed by atoms with Crippen LogP contribution in [0.15, 0.2) is 47.8 Å². The van der Waals surface area contributed by atoms with Crippen LogP contribution < -0.4 is 14.4 Å². The Morgan fingerprint density at radius 3 is 2.69 bits per heavy atom. The standard InChI is InChI=1S/C24H24N2O5S/c1-14-15(2)31-22-18(14)8-7-9-19(22)23(28)30-12-17-13-32-24(25-17)26(16(3)27)20-10-5-6-11-21(20)29-4/h5-11,13-15H,12H2,1-4H3/t14-,15-/m0/s1. The zero-order valence-corrected chi connectivity index (χ0v) is 19.1. The maximum Gasteiger partial charge on any atom is 0.342 e. The topological polar surface area (TPSA) is 78.0 Å². The number of para-hydroxylation sites is 3. The minimum atomic E-state index is -0.467. The van der Waals surface area contributed by atoms with Crippen LogP contribution in [-0.2, 0) is 16.1 Å². The van der Waals surface area contributed by atoms with Gasteiger partial charge >= 0.3 is 5.97 Å². The molecule has 2 atom stereocenters. The number of anilines is 2. The van der Waals surface area contributed by atoms with Crippen LogP contribution in [0.1, 0.15) is 48.3 Å². The summed E-state index contributed by atoms with van der Waals surface area (Å²) >= 11 is 1.29. The average Bonchev–Trinajstić information content (AvgIpc) is 3.36. The van der Waals surface area contributed by atoms with Crippen molar-refractivity contribution in [2.24, 2.45) is 0 Å². The predicted molar refractivity (Wildman–Crippen MR) is 122 cm³/mol. The highest BCUT2D eigenvalue weighted by Gasteiger charge is 2.31. The molecule has 1 aliphatic rings. The van der Waals surface area contributed by atoms with Crippen molar-refractivity contribution in [2.75, 3.05) is 12.0 Å². The Morgan fingerprint density at radius 2 is 1.94 bits per heavy atom. The second kappa shape index (κ2) is 9.00. The number of rotatable bonds is 6. The first-order chi connectivity index (χ1) is 15.4. The number of hydrogen-bond acceptors (Lipinski definition) is 7. The van der Waals surface area contributed by atoms with E-state index in [1.807, 2.05) is 31.2 Å². The van der Waals surface area contributed by atoms with E-state index in [1.54, 1.807) is 30.7 Å². The molecule has 0 saturated heterocycles. The van der Waals surface area contributed by atoms with E-state index in [2.05, 4.69) is 11.9 Å². The van der Waals surface area contributed by atoms with Gasteiger partial charge in [0.25, 0.3) is 0 Å². The van der Waals surface area contributed by atoms with E-state index in [4.69, 9.17) is 14.2 Å². The first-order valence-corrected chi connectivity index (χ1v) is 11.1. The largest absolute Gasteiger partial charge is 0.495 e. The van der Waals surface area contributed by atoms with Crippen LogP contribution in [0.3, 0.4) is 0 Å². The summed E-state index contributed by atoms with van der Waals surface area (Å²) in [6, 6.07) is 12.7. The predicted octanol–water partition coefficient (Wildman–Crippen LogP) is 5.08. The van der Waals surface area contributed by atoms with E-state index in [-0.39, 0.29) is 24.5 Å². The van der Waals surface area contributed by atoms with Crippen LogP contribution in [-0.4, -0.2) is 30.1 Å². The SMILES string of the molecule is COc1ccccc1N(C(C)=O)c1nc(COC(=O)c2cccc3c2O[C@@H](C)[C@@H]3C)cs1. The van der Waals surface area contributed by atoms with Crippen molar-refractivity contribution >= 4 is 34.0 Å². The van der Waals surface area contributed by atoms with Gasteiger partial charge in [-0.25, -0.2) is 9.78 Å². The first-order valence-electron chi connectivity index (χ1n) is 10.3. The van der Waals surface area contributed by atoms with Gasteiger partial charge in [-0.2, -0.15) is 0 Å². The van der Waals surface area contributed by atoms with Gasteiger partial charge in [0, 0.05) is 23.8 Å². The summed E-state index contributed by atoms with van der Waals surface area (Å²) < 4.78 is 16.8. The molecule has 0 fully saturated rings. The number of ether oxygens (including phenoxy) is 3. The number of aromatic nitrogens is 1. The molecule has 0 saturated carbocycles. The highest BCUT2D eigenvalue weighted by Crippen LogP contribution is 2.40. The molecule has 0 radical (unpaired) electrons. The fourth-order valence-electron chi connectivity index (χ4n) is 3.65. The average molecular weight is 453 g/mol. The van der Waals surface area contributed by atoms with E-state index in [1.165, 1.54) is 23.2 Å². The fraction of sp³-hybridized carbons (Fsp3) is 0.292. The van der Waals surface area contributed by atoms with Gasteiger partial charge in [0.2, 0.25) is 5.91 Å². The van der Waals surface area contributed by atoms with Crippen LogP contribution in [0, 0.1) is 0 Å². The van der Waals surface area contributed by atoms with Crippen molar-refractivity contribution in [1.82, 2.24) is 4.98 Å². The lowest BCUT2D eigenvalue weighted by molar-refractivity contribution is -0.115. The molecule has 1 aromatic heterocycles. The second-order valence-electron chi connectivity index (χ2n) is 7.56. The molecule has 166 valence electrons. The highest BCUT2D eigenvalue weighted by atomic mass is 32.1. The molecule has 2 aromatic carbocycles. The quantitative estimate of drug-likeness (QED) is 0.486. The maximum atomic E-state index is 12.7. The minimum Gasteiger partial charge on any atom is -0.495 e. The van der Waals surface area contributed by atoms with Gasteiger partial charge in [-0.15, -0.1) is 11.3 Å². The Balaban J connectivity index is 1.51. The van der Waals surface area contributed by atoms with E-state index in [9.17, 15) is 9.59 Å². The van der Waals surface area contributed by atoms with Crippen LogP contribution >= 0.6 is 11.3 Å². The van der Waals surface area contributed by atoms with Crippen LogP contribution in [0.25, 0.3) is 0 Å². The molecule has 3 aromatic rings. The van der Waals surface area contributed by atoms with Crippen molar-refractivity contribution < 1.29 is 23.8 Å². The lowest BCUT2D eigenvalue weighted by Crippen LogP contribution is -2.23.